The van der Waals surface area contributed by atoms with Crippen LogP contribution in [0.5, 0.6) is 0 Å². The van der Waals surface area contributed by atoms with Crippen LogP contribution < -0.4 is 0 Å². The molecule has 0 aliphatic heterocycles. The summed E-state index contributed by atoms with van der Waals surface area (Å²) in [6.07, 6.45) is 4.49. The van der Waals surface area contributed by atoms with Gasteiger partial charge in [-0.2, -0.15) is 0 Å². The largest absolute Gasteiger partial charge is 0.361 e. The molecule has 2 heterocycles. The lowest BCUT2D eigenvalue weighted by Crippen LogP contribution is -1.99. The first kappa shape index (κ1) is 14.6. The number of aryl methyl sites for hydroxylation is 2. The fraction of sp³-hybridized carbons (Fsp3) is 0.333. The molecule has 23 heavy (non-hydrogen) atoms. The summed E-state index contributed by atoms with van der Waals surface area (Å²) in [5.74, 6) is 1.75. The van der Waals surface area contributed by atoms with Gasteiger partial charge in [0.15, 0.2) is 5.16 Å². The highest BCUT2D eigenvalue weighted by Crippen LogP contribution is 2.42. The summed E-state index contributed by atoms with van der Waals surface area (Å²) in [5.41, 5.74) is 4.61. The summed E-state index contributed by atoms with van der Waals surface area (Å²) in [6, 6.07) is 11.1. The summed E-state index contributed by atoms with van der Waals surface area (Å²) in [4.78, 5) is 4.69. The van der Waals surface area contributed by atoms with E-state index in [1.165, 1.54) is 29.7 Å². The molecule has 1 aliphatic rings. The molecule has 0 atom stereocenters. The van der Waals surface area contributed by atoms with Crippen molar-refractivity contribution in [3.05, 3.63) is 53.5 Å². The number of imidazole rings is 1. The molecule has 0 bridgehead atoms. The van der Waals surface area contributed by atoms with Crippen molar-refractivity contribution in [1.82, 2.24) is 14.7 Å². The van der Waals surface area contributed by atoms with Gasteiger partial charge < -0.3 is 9.09 Å². The number of benzene rings is 1. The summed E-state index contributed by atoms with van der Waals surface area (Å²) in [5, 5.41) is 5.12. The van der Waals surface area contributed by atoms with Gasteiger partial charge in [0.1, 0.15) is 5.76 Å². The molecule has 1 saturated carbocycles. The lowest BCUT2D eigenvalue weighted by molar-refractivity contribution is 0.392. The van der Waals surface area contributed by atoms with Crippen LogP contribution in [0.3, 0.4) is 0 Å². The predicted octanol–water partition coefficient (Wildman–Crippen LogP) is 4.78. The Bertz CT molecular complexity index is 799. The van der Waals surface area contributed by atoms with E-state index in [1.807, 2.05) is 20.0 Å². The van der Waals surface area contributed by atoms with Gasteiger partial charge in [0, 0.05) is 17.4 Å². The number of aromatic nitrogens is 3. The van der Waals surface area contributed by atoms with Crippen molar-refractivity contribution in [3.8, 4) is 11.3 Å². The highest BCUT2D eigenvalue weighted by molar-refractivity contribution is 7.98. The minimum atomic E-state index is 0.597. The molecule has 0 saturated heterocycles. The second kappa shape index (κ2) is 5.89. The molecule has 0 N–H and O–H groups in total. The molecule has 5 heteroatoms. The molecule has 1 aliphatic carbocycles. The maximum absolute atomic E-state index is 5.26. The monoisotopic (exact) mass is 325 g/mol. The van der Waals surface area contributed by atoms with Crippen LogP contribution in [0.1, 0.15) is 35.9 Å². The zero-order valence-electron chi connectivity index (χ0n) is 13.3. The molecule has 4 rings (SSSR count). The number of rotatable bonds is 5. The van der Waals surface area contributed by atoms with Crippen LogP contribution in [0.25, 0.3) is 11.3 Å². The van der Waals surface area contributed by atoms with Gasteiger partial charge >= 0.3 is 0 Å². The van der Waals surface area contributed by atoms with E-state index in [1.54, 1.807) is 11.8 Å². The molecule has 0 unspecified atom stereocenters. The Labute approximate surface area is 139 Å². The van der Waals surface area contributed by atoms with E-state index < -0.39 is 0 Å². The average Bonchev–Trinajstić information content (AvgIpc) is 3.25. The van der Waals surface area contributed by atoms with E-state index >= 15 is 0 Å². The highest BCUT2D eigenvalue weighted by Gasteiger charge is 2.29. The fourth-order valence-electron chi connectivity index (χ4n) is 2.80. The molecule has 3 aromatic rings. The van der Waals surface area contributed by atoms with Crippen LogP contribution in [0.2, 0.25) is 0 Å². The molecule has 118 valence electrons. The molecular formula is C18H19N3OS. The van der Waals surface area contributed by atoms with Crippen molar-refractivity contribution in [2.45, 2.75) is 43.6 Å². The van der Waals surface area contributed by atoms with E-state index in [2.05, 4.69) is 45.0 Å². The van der Waals surface area contributed by atoms with Crippen molar-refractivity contribution in [3.63, 3.8) is 0 Å². The lowest BCUT2D eigenvalue weighted by Gasteiger charge is -2.10. The molecular weight excluding hydrogens is 306 g/mol. The van der Waals surface area contributed by atoms with E-state index in [0.29, 0.717) is 6.04 Å². The van der Waals surface area contributed by atoms with Crippen LogP contribution >= 0.6 is 11.8 Å². The van der Waals surface area contributed by atoms with Crippen LogP contribution in [0.4, 0.5) is 0 Å². The van der Waals surface area contributed by atoms with Crippen LogP contribution in [0, 0.1) is 13.8 Å². The van der Waals surface area contributed by atoms with Crippen molar-refractivity contribution >= 4 is 11.8 Å². The lowest BCUT2D eigenvalue weighted by atomic mass is 10.2. The number of hydrogen-bond acceptors (Lipinski definition) is 4. The number of nitrogens with zero attached hydrogens (tertiary/aromatic N) is 3. The van der Waals surface area contributed by atoms with Crippen molar-refractivity contribution in [1.29, 1.82) is 0 Å². The standard InChI is InChI=1S/C18H19N3OS/c1-12-16(13(2)22-20-12)11-23-18-19-10-17(21(18)15-8-9-15)14-6-4-3-5-7-14/h3-7,10,15H,8-9,11H2,1-2H3. The second-order valence-corrected chi connectivity index (χ2v) is 6.93. The normalized spacial score (nSPS) is 14.3. The third-order valence-corrected chi connectivity index (χ3v) is 5.26. The summed E-state index contributed by atoms with van der Waals surface area (Å²) in [7, 11) is 0. The molecule has 0 amide bonds. The first-order chi connectivity index (χ1) is 11.2. The average molecular weight is 325 g/mol. The van der Waals surface area contributed by atoms with Gasteiger partial charge in [-0.3, -0.25) is 0 Å². The first-order valence-electron chi connectivity index (χ1n) is 7.91. The first-order valence-corrected chi connectivity index (χ1v) is 8.90. The zero-order chi connectivity index (χ0) is 15.8. The predicted molar refractivity (Wildman–Crippen MR) is 91.5 cm³/mol. The number of hydrogen-bond donors (Lipinski definition) is 0. The Balaban J connectivity index is 1.63. The Hall–Kier alpha value is -2.01. The Morgan fingerprint density at radius 1 is 1.22 bits per heavy atom. The summed E-state index contributed by atoms with van der Waals surface area (Å²) >= 11 is 1.77. The third kappa shape index (κ3) is 2.81. The molecule has 1 aromatic carbocycles. The summed E-state index contributed by atoms with van der Waals surface area (Å²) in [6.45, 7) is 3.97. The van der Waals surface area contributed by atoms with Crippen LogP contribution in [-0.4, -0.2) is 14.7 Å². The second-order valence-electron chi connectivity index (χ2n) is 5.98. The maximum atomic E-state index is 5.26. The van der Waals surface area contributed by atoms with Crippen molar-refractivity contribution in [2.24, 2.45) is 0 Å². The third-order valence-electron chi connectivity index (χ3n) is 4.27. The molecule has 2 aromatic heterocycles. The zero-order valence-corrected chi connectivity index (χ0v) is 14.1. The summed E-state index contributed by atoms with van der Waals surface area (Å²) < 4.78 is 7.66. The van der Waals surface area contributed by atoms with E-state index in [-0.39, 0.29) is 0 Å². The molecule has 4 nitrogen and oxygen atoms in total. The Morgan fingerprint density at radius 3 is 2.65 bits per heavy atom. The Kier molecular flexibility index (Phi) is 3.73. The van der Waals surface area contributed by atoms with Gasteiger partial charge in [-0.05, 0) is 32.3 Å². The van der Waals surface area contributed by atoms with E-state index in [4.69, 9.17) is 4.52 Å². The van der Waals surface area contributed by atoms with E-state index in [9.17, 15) is 0 Å². The van der Waals surface area contributed by atoms with Gasteiger partial charge in [-0.25, -0.2) is 4.98 Å². The van der Waals surface area contributed by atoms with Gasteiger partial charge in [-0.1, -0.05) is 47.3 Å². The van der Waals surface area contributed by atoms with Crippen LogP contribution in [-0.2, 0) is 5.75 Å². The van der Waals surface area contributed by atoms with Gasteiger partial charge in [0.2, 0.25) is 0 Å². The van der Waals surface area contributed by atoms with Crippen LogP contribution in [0.15, 0.2) is 46.2 Å². The molecule has 0 spiro atoms. The highest BCUT2D eigenvalue weighted by atomic mass is 32.2. The van der Waals surface area contributed by atoms with Gasteiger partial charge in [-0.15, -0.1) is 0 Å². The van der Waals surface area contributed by atoms with Crippen molar-refractivity contribution in [2.75, 3.05) is 0 Å². The Morgan fingerprint density at radius 2 is 2.00 bits per heavy atom. The minimum absolute atomic E-state index is 0.597. The van der Waals surface area contributed by atoms with Gasteiger partial charge in [0.25, 0.3) is 0 Å². The molecule has 1 fully saturated rings. The topological polar surface area (TPSA) is 43.9 Å². The smallest absolute Gasteiger partial charge is 0.169 e. The fourth-order valence-corrected chi connectivity index (χ4v) is 4.00. The maximum Gasteiger partial charge on any atom is 0.169 e. The quantitative estimate of drug-likeness (QED) is 0.633. The van der Waals surface area contributed by atoms with Gasteiger partial charge in [0.05, 0.1) is 17.6 Å². The van der Waals surface area contributed by atoms with Crippen molar-refractivity contribution < 1.29 is 4.52 Å². The minimum Gasteiger partial charge on any atom is -0.361 e. The number of thioether (sulfide) groups is 1. The molecule has 0 radical (unpaired) electrons. The SMILES string of the molecule is Cc1noc(C)c1CSc1ncc(-c2ccccc2)n1C1CC1. The van der Waals surface area contributed by atoms with E-state index in [0.717, 1.165) is 22.4 Å².